The molecule has 0 unspecified atom stereocenters. The molecule has 1 amide bonds. The molecule has 0 radical (unpaired) electrons. The monoisotopic (exact) mass is 499 g/mol. The number of nitrogens with zero attached hydrogens (tertiary/aromatic N) is 3. The molecule has 0 saturated carbocycles. The highest BCUT2D eigenvalue weighted by molar-refractivity contribution is 7.99. The van der Waals surface area contributed by atoms with Crippen molar-refractivity contribution in [2.75, 3.05) is 30.3 Å². The number of hydrogen-bond acceptors (Lipinski definition) is 6. The number of carbonyl (C=O) groups is 1. The molecule has 0 bridgehead atoms. The lowest BCUT2D eigenvalue weighted by Gasteiger charge is -2.30. The molecule has 0 aliphatic carbocycles. The van der Waals surface area contributed by atoms with E-state index in [-0.39, 0.29) is 5.91 Å². The SMILES string of the molecule is CCN(CC)S(=O)(=O)c1ccc2c(c1)CCCN2C(=O)CSCc1coc(-c2ccccc2)n1. The van der Waals surface area contributed by atoms with E-state index in [0.717, 1.165) is 35.3 Å². The molecule has 0 spiro atoms. The third-order valence-corrected chi connectivity index (χ3v) is 8.86. The van der Waals surface area contributed by atoms with Crippen LogP contribution in [0.15, 0.2) is 64.1 Å². The highest BCUT2D eigenvalue weighted by atomic mass is 32.2. The summed E-state index contributed by atoms with van der Waals surface area (Å²) in [7, 11) is -3.53. The summed E-state index contributed by atoms with van der Waals surface area (Å²) in [5, 5.41) is 0. The van der Waals surface area contributed by atoms with Gasteiger partial charge in [0.15, 0.2) is 0 Å². The lowest BCUT2D eigenvalue weighted by atomic mass is 10.0. The van der Waals surface area contributed by atoms with Gasteiger partial charge in [0.25, 0.3) is 0 Å². The summed E-state index contributed by atoms with van der Waals surface area (Å²) in [5.41, 5.74) is 3.43. The Kier molecular flexibility index (Phi) is 7.75. The van der Waals surface area contributed by atoms with Crippen LogP contribution in [-0.4, -0.2) is 49.0 Å². The molecule has 1 aliphatic heterocycles. The Balaban J connectivity index is 1.40. The van der Waals surface area contributed by atoms with E-state index in [4.69, 9.17) is 4.42 Å². The van der Waals surface area contributed by atoms with Crippen molar-refractivity contribution in [1.29, 1.82) is 0 Å². The molecule has 1 aromatic heterocycles. The van der Waals surface area contributed by atoms with Crippen LogP contribution in [0.25, 0.3) is 11.5 Å². The molecule has 4 rings (SSSR count). The van der Waals surface area contributed by atoms with Crippen LogP contribution in [0.4, 0.5) is 5.69 Å². The summed E-state index contributed by atoms with van der Waals surface area (Å²) < 4.78 is 32.8. The molecule has 2 heterocycles. The lowest BCUT2D eigenvalue weighted by Crippen LogP contribution is -2.37. The van der Waals surface area contributed by atoms with Gasteiger partial charge in [0.05, 0.1) is 16.3 Å². The minimum Gasteiger partial charge on any atom is -0.444 e. The molecule has 34 heavy (non-hydrogen) atoms. The fraction of sp³-hybridized carbons (Fsp3) is 0.360. The van der Waals surface area contributed by atoms with Crippen molar-refractivity contribution >= 4 is 33.4 Å². The summed E-state index contributed by atoms with van der Waals surface area (Å²) in [6.45, 7) is 5.15. The zero-order valence-corrected chi connectivity index (χ0v) is 21.1. The highest BCUT2D eigenvalue weighted by Gasteiger charge is 2.27. The number of rotatable bonds is 9. The number of carbonyl (C=O) groups excluding carboxylic acids is 1. The highest BCUT2D eigenvalue weighted by Crippen LogP contribution is 2.31. The van der Waals surface area contributed by atoms with E-state index in [1.807, 2.05) is 44.2 Å². The number of amides is 1. The molecular formula is C25H29N3O4S2. The number of thioether (sulfide) groups is 1. The van der Waals surface area contributed by atoms with Crippen LogP contribution in [0.2, 0.25) is 0 Å². The van der Waals surface area contributed by atoms with Crippen molar-refractivity contribution in [1.82, 2.24) is 9.29 Å². The van der Waals surface area contributed by atoms with Gasteiger partial charge < -0.3 is 9.32 Å². The van der Waals surface area contributed by atoms with E-state index < -0.39 is 10.0 Å². The van der Waals surface area contributed by atoms with Gasteiger partial charge in [-0.1, -0.05) is 32.0 Å². The second kappa shape index (κ2) is 10.8. The number of aryl methyl sites for hydroxylation is 1. The third-order valence-electron chi connectivity index (χ3n) is 5.86. The van der Waals surface area contributed by atoms with E-state index in [1.165, 1.54) is 16.1 Å². The van der Waals surface area contributed by atoms with Crippen LogP contribution in [0, 0.1) is 0 Å². The summed E-state index contributed by atoms with van der Waals surface area (Å²) in [4.78, 5) is 19.6. The minimum absolute atomic E-state index is 0.0112. The van der Waals surface area contributed by atoms with Crippen LogP contribution in [0.3, 0.4) is 0 Å². The van der Waals surface area contributed by atoms with Gasteiger partial charge in [0, 0.05) is 36.6 Å². The molecule has 180 valence electrons. The summed E-state index contributed by atoms with van der Waals surface area (Å²) in [6, 6.07) is 14.8. The average Bonchev–Trinajstić information content (AvgIpc) is 3.33. The smallest absolute Gasteiger partial charge is 0.243 e. The Morgan fingerprint density at radius 2 is 1.91 bits per heavy atom. The van der Waals surface area contributed by atoms with Gasteiger partial charge in [-0.25, -0.2) is 13.4 Å². The molecule has 2 aromatic carbocycles. The normalized spacial score (nSPS) is 13.8. The van der Waals surface area contributed by atoms with E-state index in [9.17, 15) is 13.2 Å². The Hall–Kier alpha value is -2.62. The predicted molar refractivity (Wildman–Crippen MR) is 135 cm³/mol. The molecule has 9 heteroatoms. The zero-order chi connectivity index (χ0) is 24.1. The van der Waals surface area contributed by atoms with Gasteiger partial charge in [-0.2, -0.15) is 4.31 Å². The average molecular weight is 500 g/mol. The van der Waals surface area contributed by atoms with Crippen molar-refractivity contribution in [2.45, 2.75) is 37.3 Å². The molecule has 0 N–H and O–H groups in total. The van der Waals surface area contributed by atoms with E-state index in [0.29, 0.717) is 41.9 Å². The second-order valence-electron chi connectivity index (χ2n) is 8.03. The van der Waals surface area contributed by atoms with E-state index in [2.05, 4.69) is 4.98 Å². The number of hydrogen-bond donors (Lipinski definition) is 0. The molecule has 0 fully saturated rings. The molecule has 3 aromatic rings. The quantitative estimate of drug-likeness (QED) is 0.428. The topological polar surface area (TPSA) is 83.7 Å². The first-order valence-corrected chi connectivity index (χ1v) is 14.0. The number of aromatic nitrogens is 1. The fourth-order valence-electron chi connectivity index (χ4n) is 4.11. The maximum Gasteiger partial charge on any atom is 0.243 e. The van der Waals surface area contributed by atoms with E-state index >= 15 is 0 Å². The van der Waals surface area contributed by atoms with Crippen LogP contribution >= 0.6 is 11.8 Å². The predicted octanol–water partition coefficient (Wildman–Crippen LogP) is 4.58. The van der Waals surface area contributed by atoms with Crippen molar-refractivity contribution in [2.24, 2.45) is 0 Å². The first-order valence-electron chi connectivity index (χ1n) is 11.4. The van der Waals surface area contributed by atoms with Crippen molar-refractivity contribution in [3.63, 3.8) is 0 Å². The van der Waals surface area contributed by atoms with Gasteiger partial charge in [0.2, 0.25) is 21.8 Å². The Labute approximate surface area is 205 Å². The van der Waals surface area contributed by atoms with Crippen molar-refractivity contribution in [3.05, 3.63) is 66.1 Å². The van der Waals surface area contributed by atoms with Crippen LogP contribution in [0.1, 0.15) is 31.5 Å². The van der Waals surface area contributed by atoms with Crippen molar-refractivity contribution < 1.29 is 17.6 Å². The van der Waals surface area contributed by atoms with Gasteiger partial charge in [-0.3, -0.25) is 4.79 Å². The maximum absolute atomic E-state index is 13.0. The van der Waals surface area contributed by atoms with Crippen LogP contribution in [0.5, 0.6) is 0 Å². The Bertz CT molecular complexity index is 1240. The van der Waals surface area contributed by atoms with E-state index in [1.54, 1.807) is 29.4 Å². The number of fused-ring (bicyclic) bond motifs is 1. The second-order valence-corrected chi connectivity index (χ2v) is 11.0. The third kappa shape index (κ3) is 5.21. The summed E-state index contributed by atoms with van der Waals surface area (Å²) in [6.07, 6.45) is 3.20. The fourth-order valence-corrected chi connectivity index (χ4v) is 6.40. The number of benzene rings is 2. The molecule has 0 saturated heterocycles. The minimum atomic E-state index is -3.53. The maximum atomic E-state index is 13.0. The van der Waals surface area contributed by atoms with Gasteiger partial charge in [0.1, 0.15) is 6.26 Å². The first kappa shape index (κ1) is 24.5. The molecular weight excluding hydrogens is 470 g/mol. The lowest BCUT2D eigenvalue weighted by molar-refractivity contribution is -0.116. The van der Waals surface area contributed by atoms with Crippen molar-refractivity contribution in [3.8, 4) is 11.5 Å². The van der Waals surface area contributed by atoms with Gasteiger partial charge >= 0.3 is 0 Å². The largest absolute Gasteiger partial charge is 0.444 e. The first-order chi connectivity index (χ1) is 16.4. The van der Waals surface area contributed by atoms with Gasteiger partial charge in [-0.15, -0.1) is 11.8 Å². The molecule has 1 aliphatic rings. The molecule has 0 atom stereocenters. The number of sulfonamides is 1. The summed E-state index contributed by atoms with van der Waals surface area (Å²) in [5.74, 6) is 1.47. The molecule has 7 nitrogen and oxygen atoms in total. The van der Waals surface area contributed by atoms with Gasteiger partial charge in [-0.05, 0) is 48.7 Å². The Morgan fingerprint density at radius 1 is 1.15 bits per heavy atom. The number of oxazole rings is 1. The summed E-state index contributed by atoms with van der Waals surface area (Å²) >= 11 is 1.49. The zero-order valence-electron chi connectivity index (χ0n) is 19.4. The van der Waals surface area contributed by atoms with Crippen LogP contribution in [-0.2, 0) is 27.0 Å². The standard InChI is InChI=1S/C25H29N3O4S2/c1-3-27(4-2)34(30,31)22-12-13-23-20(15-22)11-8-14-28(23)24(29)18-33-17-21-16-32-25(26-21)19-9-6-5-7-10-19/h5-7,9-10,12-13,15-16H,3-4,8,11,14,17-18H2,1-2H3. The van der Waals surface area contributed by atoms with Crippen LogP contribution < -0.4 is 4.90 Å². The number of anilines is 1. The Morgan fingerprint density at radius 3 is 2.65 bits per heavy atom.